The van der Waals surface area contributed by atoms with Crippen LogP contribution in [0.4, 0.5) is 0 Å². The molecule has 0 aliphatic heterocycles. The van der Waals surface area contributed by atoms with E-state index in [0.29, 0.717) is 25.7 Å². The first-order valence-corrected chi connectivity index (χ1v) is 25.5. The third-order valence-electron chi connectivity index (χ3n) is 5.45. The van der Waals surface area contributed by atoms with E-state index >= 15 is 0 Å². The molecule has 0 aromatic rings. The number of hydrogen-bond acceptors (Lipinski definition) is 20. The fourth-order valence-electron chi connectivity index (χ4n) is 2.90. The van der Waals surface area contributed by atoms with Crippen molar-refractivity contribution in [2.75, 3.05) is 62.0 Å². The fourth-order valence-corrected chi connectivity index (χ4v) is 6.83. The second kappa shape index (κ2) is 40.9. The molecule has 0 heterocycles. The monoisotopic (exact) mass is 870 g/mol. The van der Waals surface area contributed by atoms with Gasteiger partial charge in [0.1, 0.15) is 0 Å². The lowest BCUT2D eigenvalue weighted by Gasteiger charge is -2.23. The smallest absolute Gasteiger partial charge is 0.463 e. The van der Waals surface area contributed by atoms with Crippen LogP contribution >= 0.6 is 0 Å². The molecule has 0 fully saturated rings. The normalized spacial score (nSPS) is 10.4. The second-order valence-electron chi connectivity index (χ2n) is 10.6. The summed E-state index contributed by atoms with van der Waals surface area (Å²) in [6, 6.07) is 1.12. The number of ether oxygens (including phenoxy) is 4. The third kappa shape index (κ3) is 58.1. The van der Waals surface area contributed by atoms with Crippen molar-refractivity contribution in [1.29, 1.82) is 0 Å². The van der Waals surface area contributed by atoms with Gasteiger partial charge in [-0.25, -0.2) is 19.2 Å². The Kier molecular flexibility index (Phi) is 47.7. The standard InChI is InChI=1S/C9H18O5Si.C8H16O3Si.2C6H12O5Si.2CH4O/c1-5-9(10)14-7-6-8-15(11-2,12-3)13-4;1-4-8(9)11-6-5-7-12(2,3)10;2*1-2-6(7)11-4-3-5-12(8,9)10;2*1-2/h5H,1,6-8H2,2-4H3;4,10H,1,5-7H2,2-3H3;2*2,8-10H,1,3-5H2;2*2H,1H3. The number of aliphatic hydroxyl groups excluding tert-OH is 2. The molecule has 326 valence electrons. The van der Waals surface area contributed by atoms with Crippen LogP contribution in [-0.4, -0.2) is 164 Å². The van der Waals surface area contributed by atoms with Crippen molar-refractivity contribution in [3.05, 3.63) is 50.6 Å². The quantitative estimate of drug-likeness (QED) is 0.0206. The van der Waals surface area contributed by atoms with E-state index in [0.717, 1.165) is 51.0 Å². The fraction of sp³-hybridized carbons (Fsp3) is 0.613. The lowest BCUT2D eigenvalue weighted by atomic mass is 10.5. The van der Waals surface area contributed by atoms with Gasteiger partial charge < -0.3 is 76.0 Å². The van der Waals surface area contributed by atoms with E-state index in [-0.39, 0.29) is 38.1 Å². The van der Waals surface area contributed by atoms with E-state index in [1.54, 1.807) is 21.3 Å². The van der Waals surface area contributed by atoms with Crippen molar-refractivity contribution >= 4 is 58.6 Å². The first kappa shape index (κ1) is 64.1. The van der Waals surface area contributed by atoms with Gasteiger partial charge in [-0.1, -0.05) is 26.3 Å². The zero-order chi connectivity index (χ0) is 44.6. The van der Waals surface area contributed by atoms with Gasteiger partial charge in [0.05, 0.1) is 26.4 Å². The van der Waals surface area contributed by atoms with E-state index < -0.39 is 58.6 Å². The van der Waals surface area contributed by atoms with Gasteiger partial charge in [0.2, 0.25) is 0 Å². The minimum Gasteiger partial charge on any atom is -0.463 e. The summed E-state index contributed by atoms with van der Waals surface area (Å²) < 4.78 is 34.2. The largest absolute Gasteiger partial charge is 0.500 e. The molecule has 0 bridgehead atoms. The third-order valence-corrected chi connectivity index (χ3v) is 11.9. The Balaban J connectivity index is -0.000000142. The molecule has 0 amide bonds. The summed E-state index contributed by atoms with van der Waals surface area (Å²) in [6.45, 7) is 17.5. The van der Waals surface area contributed by atoms with E-state index in [2.05, 4.69) is 35.8 Å². The van der Waals surface area contributed by atoms with Gasteiger partial charge in [-0.15, -0.1) is 0 Å². The Morgan fingerprint density at radius 3 is 0.855 bits per heavy atom. The highest BCUT2D eigenvalue weighted by Gasteiger charge is 2.37. The molecular formula is C31H66O20Si4. The Morgan fingerprint density at radius 2 is 0.673 bits per heavy atom. The molecule has 0 atom stereocenters. The summed E-state index contributed by atoms with van der Waals surface area (Å²) in [5.74, 6) is -1.94. The number of rotatable bonds is 23. The molecule has 0 aromatic heterocycles. The second-order valence-corrected chi connectivity index (χ2v) is 21.9. The SMILES string of the molecule is C=CC(=O)OCCC[Si](C)(C)O.C=CC(=O)OCCC[Si](O)(O)O.C=CC(=O)OCCC[Si](O)(O)O.C=CC(=O)OCCC[Si](OC)(OC)OC.CO.CO. The first-order valence-electron chi connectivity index (χ1n) is 16.3. The highest BCUT2D eigenvalue weighted by atomic mass is 28.4. The maximum absolute atomic E-state index is 10.7. The molecule has 0 aliphatic carbocycles. The van der Waals surface area contributed by atoms with Crippen LogP contribution in [0.15, 0.2) is 50.6 Å². The van der Waals surface area contributed by atoms with Crippen LogP contribution in [0, 0.1) is 0 Å². The molecule has 0 radical (unpaired) electrons. The molecule has 24 heteroatoms. The first-order chi connectivity index (χ1) is 25.5. The zero-order valence-electron chi connectivity index (χ0n) is 33.1. The van der Waals surface area contributed by atoms with E-state index in [1.807, 2.05) is 13.1 Å². The molecule has 0 saturated heterocycles. The molecule has 0 saturated carbocycles. The van der Waals surface area contributed by atoms with Crippen LogP contribution in [0.25, 0.3) is 0 Å². The molecule has 9 N–H and O–H groups in total. The lowest BCUT2D eigenvalue weighted by Crippen LogP contribution is -2.42. The number of carbonyl (C=O) groups is 4. The highest BCUT2D eigenvalue weighted by molar-refractivity contribution is 6.69. The summed E-state index contributed by atoms with van der Waals surface area (Å²) in [5, 5.41) is 14.0. The lowest BCUT2D eigenvalue weighted by molar-refractivity contribution is -0.138. The predicted octanol–water partition coefficient (Wildman–Crippen LogP) is -0.453. The average molecular weight is 871 g/mol. The Bertz CT molecular complexity index is 909. The molecule has 55 heavy (non-hydrogen) atoms. The zero-order valence-corrected chi connectivity index (χ0v) is 37.1. The van der Waals surface area contributed by atoms with Gasteiger partial charge in [-0.05, 0) is 44.8 Å². The minimum absolute atomic E-state index is 0.0568. The molecule has 0 unspecified atom stereocenters. The van der Waals surface area contributed by atoms with Crippen molar-refractivity contribution < 1.29 is 95.2 Å². The van der Waals surface area contributed by atoms with E-state index in [9.17, 15) is 24.0 Å². The molecule has 0 aliphatic rings. The number of esters is 4. The van der Waals surface area contributed by atoms with E-state index in [1.165, 1.54) is 0 Å². The van der Waals surface area contributed by atoms with Crippen molar-refractivity contribution in [3.63, 3.8) is 0 Å². The average Bonchev–Trinajstić information content (AvgIpc) is 3.14. The van der Waals surface area contributed by atoms with Gasteiger partial charge in [0.25, 0.3) is 0 Å². The van der Waals surface area contributed by atoms with Crippen molar-refractivity contribution in [1.82, 2.24) is 0 Å². The van der Waals surface area contributed by atoms with Crippen LogP contribution in [0.2, 0.25) is 37.3 Å². The maximum Gasteiger partial charge on any atom is 0.500 e. The summed E-state index contributed by atoms with van der Waals surface area (Å²) in [6.07, 6.45) is 6.14. The Hall–Kier alpha value is -2.77. The Morgan fingerprint density at radius 1 is 0.455 bits per heavy atom. The maximum atomic E-state index is 10.7. The van der Waals surface area contributed by atoms with E-state index in [4.69, 9.17) is 61.7 Å². The van der Waals surface area contributed by atoms with Gasteiger partial charge >= 0.3 is 50.3 Å². The molecule has 0 rings (SSSR count). The van der Waals surface area contributed by atoms with Crippen molar-refractivity contribution in [2.45, 2.75) is 63.0 Å². The van der Waals surface area contributed by atoms with Gasteiger partial charge in [-0.2, -0.15) is 0 Å². The molecule has 20 nitrogen and oxygen atoms in total. The van der Waals surface area contributed by atoms with Gasteiger partial charge in [-0.3, -0.25) is 0 Å². The van der Waals surface area contributed by atoms with Crippen molar-refractivity contribution in [2.24, 2.45) is 0 Å². The van der Waals surface area contributed by atoms with Crippen LogP contribution in [-0.2, 0) is 51.4 Å². The van der Waals surface area contributed by atoms with Crippen LogP contribution in [0.3, 0.4) is 0 Å². The Labute approximate surface area is 328 Å². The van der Waals surface area contributed by atoms with Crippen LogP contribution < -0.4 is 0 Å². The predicted molar refractivity (Wildman–Crippen MR) is 210 cm³/mol. The number of hydrogen-bond donors (Lipinski definition) is 9. The summed E-state index contributed by atoms with van der Waals surface area (Å²) in [4.78, 5) is 103. The highest BCUT2D eigenvalue weighted by Crippen LogP contribution is 2.14. The van der Waals surface area contributed by atoms with Crippen LogP contribution in [0.5, 0.6) is 0 Å². The van der Waals surface area contributed by atoms with Gasteiger partial charge in [0.15, 0.2) is 8.32 Å². The number of carbonyl (C=O) groups excluding carboxylic acids is 4. The molecular weight excluding hydrogens is 805 g/mol. The topological polar surface area (TPSA) is 315 Å². The summed E-state index contributed by atoms with van der Waals surface area (Å²) in [5.41, 5.74) is 0. The molecule has 0 aromatic carbocycles. The van der Waals surface area contributed by atoms with Crippen molar-refractivity contribution in [3.8, 4) is 0 Å². The molecule has 0 spiro atoms. The van der Waals surface area contributed by atoms with Crippen LogP contribution in [0.1, 0.15) is 25.7 Å². The summed E-state index contributed by atoms with van der Waals surface area (Å²) >= 11 is 0. The van der Waals surface area contributed by atoms with Gasteiger partial charge in [0, 0.05) is 78.0 Å². The minimum atomic E-state index is -3.96. The number of aliphatic hydroxyl groups is 2. The summed E-state index contributed by atoms with van der Waals surface area (Å²) in [7, 11) is -5.73.